The molecule has 2 rings (SSSR count). The largest absolute Gasteiger partial charge is 0.375 e. The van der Waals surface area contributed by atoms with Gasteiger partial charge in [-0.25, -0.2) is 4.39 Å². The predicted octanol–water partition coefficient (Wildman–Crippen LogP) is 3.68. The summed E-state index contributed by atoms with van der Waals surface area (Å²) in [6, 6.07) is 13.5. The van der Waals surface area contributed by atoms with Crippen molar-refractivity contribution < 1.29 is 4.39 Å². The highest BCUT2D eigenvalue weighted by atomic mass is 127. The normalized spacial score (nSPS) is 10.8. The summed E-state index contributed by atoms with van der Waals surface area (Å²) in [5.41, 5.74) is 3.92. The van der Waals surface area contributed by atoms with Crippen molar-refractivity contribution in [3.8, 4) is 0 Å². The summed E-state index contributed by atoms with van der Waals surface area (Å²) in [6.07, 6.45) is 0. The van der Waals surface area contributed by atoms with E-state index in [1.807, 2.05) is 32.3 Å². The number of nitrogens with one attached hydrogen (secondary N) is 2. The average Bonchev–Trinajstić information content (AvgIpc) is 2.56. The van der Waals surface area contributed by atoms with Gasteiger partial charge in [-0.3, -0.25) is 4.99 Å². The minimum atomic E-state index is -0.220. The molecule has 0 saturated heterocycles. The summed E-state index contributed by atoms with van der Waals surface area (Å²) >= 11 is 0. The number of anilines is 1. The zero-order valence-corrected chi connectivity index (χ0v) is 17.5. The standard InChI is InChI=1S/C19H25FN4.HI/c1-14-7-5-6-8-16(14)13-23-19(21-2)22-12-15-9-10-18(24(3)4)17(20)11-15;/h5-11H,12-13H2,1-4H3,(H2,21,22,23);1H. The van der Waals surface area contributed by atoms with Crippen LogP contribution in [0.25, 0.3) is 0 Å². The molecule has 0 amide bonds. The van der Waals surface area contributed by atoms with Crippen LogP contribution in [0.2, 0.25) is 0 Å². The Morgan fingerprint density at radius 1 is 1.08 bits per heavy atom. The summed E-state index contributed by atoms with van der Waals surface area (Å²) in [7, 11) is 5.38. The van der Waals surface area contributed by atoms with Crippen LogP contribution in [0, 0.1) is 12.7 Å². The van der Waals surface area contributed by atoms with Gasteiger partial charge in [-0.1, -0.05) is 30.3 Å². The number of guanidine groups is 1. The van der Waals surface area contributed by atoms with E-state index in [2.05, 4.69) is 34.7 Å². The molecule has 2 aromatic rings. The van der Waals surface area contributed by atoms with Crippen molar-refractivity contribution in [2.45, 2.75) is 20.0 Å². The van der Waals surface area contributed by atoms with E-state index in [0.29, 0.717) is 24.7 Å². The number of hydrogen-bond acceptors (Lipinski definition) is 2. The zero-order valence-electron chi connectivity index (χ0n) is 15.1. The van der Waals surface area contributed by atoms with Gasteiger partial charge in [0.2, 0.25) is 0 Å². The van der Waals surface area contributed by atoms with Crippen molar-refractivity contribution in [2.24, 2.45) is 4.99 Å². The van der Waals surface area contributed by atoms with Gasteiger partial charge < -0.3 is 15.5 Å². The van der Waals surface area contributed by atoms with Gasteiger partial charge in [0.15, 0.2) is 5.96 Å². The van der Waals surface area contributed by atoms with E-state index in [9.17, 15) is 4.39 Å². The fourth-order valence-electron chi connectivity index (χ4n) is 2.42. The SMILES string of the molecule is CN=C(NCc1ccc(N(C)C)c(F)c1)NCc1ccccc1C.I. The highest BCUT2D eigenvalue weighted by Gasteiger charge is 2.06. The van der Waals surface area contributed by atoms with Gasteiger partial charge in [-0.2, -0.15) is 0 Å². The van der Waals surface area contributed by atoms with Crippen molar-refractivity contribution in [3.05, 3.63) is 65.0 Å². The highest BCUT2D eigenvalue weighted by molar-refractivity contribution is 14.0. The van der Waals surface area contributed by atoms with Crippen LogP contribution in [-0.2, 0) is 13.1 Å². The number of hydrogen-bond donors (Lipinski definition) is 2. The second-order valence-electron chi connectivity index (χ2n) is 5.89. The Bertz CT molecular complexity index is 716. The van der Waals surface area contributed by atoms with E-state index in [0.717, 1.165) is 5.56 Å². The number of rotatable bonds is 5. The fourth-order valence-corrected chi connectivity index (χ4v) is 2.42. The topological polar surface area (TPSA) is 39.7 Å². The number of aliphatic imine (C=N–C) groups is 1. The smallest absolute Gasteiger partial charge is 0.191 e. The molecule has 0 fully saturated rings. The molecule has 0 aliphatic heterocycles. The van der Waals surface area contributed by atoms with Crippen LogP contribution in [-0.4, -0.2) is 27.1 Å². The summed E-state index contributed by atoms with van der Waals surface area (Å²) in [6.45, 7) is 3.29. The van der Waals surface area contributed by atoms with Crippen LogP contribution in [0.1, 0.15) is 16.7 Å². The maximum absolute atomic E-state index is 14.0. The quantitative estimate of drug-likeness (QED) is 0.410. The van der Waals surface area contributed by atoms with Gasteiger partial charge in [0.25, 0.3) is 0 Å². The lowest BCUT2D eigenvalue weighted by Crippen LogP contribution is -2.36. The number of aryl methyl sites for hydroxylation is 1. The Hall–Kier alpha value is -1.83. The Labute approximate surface area is 166 Å². The third kappa shape index (κ3) is 6.19. The van der Waals surface area contributed by atoms with Crippen LogP contribution >= 0.6 is 24.0 Å². The van der Waals surface area contributed by atoms with E-state index < -0.39 is 0 Å². The first-order valence-electron chi connectivity index (χ1n) is 7.96. The zero-order chi connectivity index (χ0) is 17.5. The van der Waals surface area contributed by atoms with Gasteiger partial charge in [-0.05, 0) is 35.7 Å². The molecule has 136 valence electrons. The highest BCUT2D eigenvalue weighted by Crippen LogP contribution is 2.18. The molecule has 0 bridgehead atoms. The number of nitrogens with zero attached hydrogens (tertiary/aromatic N) is 2. The molecule has 0 radical (unpaired) electrons. The number of halogens is 2. The van der Waals surface area contributed by atoms with Crippen LogP contribution in [0.3, 0.4) is 0 Å². The molecule has 2 N–H and O–H groups in total. The molecule has 0 aliphatic rings. The summed E-state index contributed by atoms with van der Waals surface area (Å²) in [5, 5.41) is 6.49. The van der Waals surface area contributed by atoms with Crippen LogP contribution in [0.15, 0.2) is 47.5 Å². The van der Waals surface area contributed by atoms with Crippen molar-refractivity contribution in [1.29, 1.82) is 0 Å². The maximum atomic E-state index is 14.0. The van der Waals surface area contributed by atoms with Gasteiger partial charge in [-0.15, -0.1) is 24.0 Å². The molecule has 0 heterocycles. The van der Waals surface area contributed by atoms with Crippen LogP contribution < -0.4 is 15.5 Å². The lowest BCUT2D eigenvalue weighted by Gasteiger charge is -2.16. The maximum Gasteiger partial charge on any atom is 0.191 e. The minimum absolute atomic E-state index is 0. The third-order valence-electron chi connectivity index (χ3n) is 3.89. The lowest BCUT2D eigenvalue weighted by atomic mass is 10.1. The molecular weight excluding hydrogens is 430 g/mol. The molecule has 2 aromatic carbocycles. The number of benzene rings is 2. The Balaban J connectivity index is 0.00000312. The lowest BCUT2D eigenvalue weighted by molar-refractivity contribution is 0.623. The molecule has 0 aliphatic carbocycles. The van der Waals surface area contributed by atoms with Crippen molar-refractivity contribution >= 4 is 35.6 Å². The Kier molecular flexibility index (Phi) is 8.68. The van der Waals surface area contributed by atoms with Gasteiger partial charge in [0.05, 0.1) is 5.69 Å². The van der Waals surface area contributed by atoms with Crippen LogP contribution in [0.4, 0.5) is 10.1 Å². The van der Waals surface area contributed by atoms with E-state index >= 15 is 0 Å². The minimum Gasteiger partial charge on any atom is -0.375 e. The fraction of sp³-hybridized carbons (Fsp3) is 0.316. The van der Waals surface area contributed by atoms with E-state index in [-0.39, 0.29) is 29.8 Å². The molecule has 0 spiro atoms. The predicted molar refractivity (Wildman–Crippen MR) is 114 cm³/mol. The summed E-state index contributed by atoms with van der Waals surface area (Å²) < 4.78 is 14.0. The Morgan fingerprint density at radius 3 is 2.36 bits per heavy atom. The second kappa shape index (κ2) is 10.2. The summed E-state index contributed by atoms with van der Waals surface area (Å²) in [5.74, 6) is 0.470. The second-order valence-corrected chi connectivity index (χ2v) is 5.89. The van der Waals surface area contributed by atoms with Crippen molar-refractivity contribution in [2.75, 3.05) is 26.0 Å². The molecule has 0 unspecified atom stereocenters. The van der Waals surface area contributed by atoms with Crippen LogP contribution in [0.5, 0.6) is 0 Å². The molecule has 0 saturated carbocycles. The van der Waals surface area contributed by atoms with Crippen molar-refractivity contribution in [3.63, 3.8) is 0 Å². The molecular formula is C19H26FIN4. The molecule has 25 heavy (non-hydrogen) atoms. The monoisotopic (exact) mass is 456 g/mol. The van der Waals surface area contributed by atoms with Crippen molar-refractivity contribution in [1.82, 2.24) is 10.6 Å². The molecule has 4 nitrogen and oxygen atoms in total. The molecule has 6 heteroatoms. The third-order valence-corrected chi connectivity index (χ3v) is 3.89. The Morgan fingerprint density at radius 2 is 1.76 bits per heavy atom. The van der Waals surface area contributed by atoms with Gasteiger partial charge in [0.1, 0.15) is 5.82 Å². The molecule has 0 aromatic heterocycles. The van der Waals surface area contributed by atoms with E-state index in [1.165, 1.54) is 11.1 Å². The van der Waals surface area contributed by atoms with E-state index in [1.54, 1.807) is 24.1 Å². The first-order valence-corrected chi connectivity index (χ1v) is 7.96. The van der Waals surface area contributed by atoms with Gasteiger partial charge >= 0.3 is 0 Å². The average molecular weight is 456 g/mol. The van der Waals surface area contributed by atoms with E-state index in [4.69, 9.17) is 0 Å². The first-order chi connectivity index (χ1) is 11.5. The van der Waals surface area contributed by atoms with Gasteiger partial charge in [0, 0.05) is 34.2 Å². The first kappa shape index (κ1) is 21.2. The summed E-state index contributed by atoms with van der Waals surface area (Å²) in [4.78, 5) is 5.97. The molecule has 0 atom stereocenters.